The second-order valence-electron chi connectivity index (χ2n) is 7.60. The number of hydrogen-bond acceptors (Lipinski definition) is 0. The summed E-state index contributed by atoms with van der Waals surface area (Å²) in [6.45, 7) is 0. The van der Waals surface area contributed by atoms with Gasteiger partial charge in [-0.2, -0.15) is 6.08 Å². The summed E-state index contributed by atoms with van der Waals surface area (Å²) in [6, 6.07) is 40.4. The largest absolute Gasteiger partial charge is 1.00 e. The third kappa shape index (κ3) is 9.19. The van der Waals surface area contributed by atoms with Crippen molar-refractivity contribution in [1.29, 1.82) is 0 Å². The van der Waals surface area contributed by atoms with E-state index in [0.717, 1.165) is 6.42 Å². The molecule has 0 aromatic heterocycles. The van der Waals surface area contributed by atoms with Gasteiger partial charge in [-0.25, -0.2) is 12.2 Å². The Kier molecular flexibility index (Phi) is 13.2. The van der Waals surface area contributed by atoms with Crippen LogP contribution in [0.1, 0.15) is 17.5 Å². The van der Waals surface area contributed by atoms with Crippen LogP contribution in [0.5, 0.6) is 0 Å². The molecule has 0 saturated heterocycles. The van der Waals surface area contributed by atoms with Crippen molar-refractivity contribution in [3.63, 3.8) is 0 Å². The molecule has 0 nitrogen and oxygen atoms in total. The molecule has 0 aliphatic heterocycles. The topological polar surface area (TPSA) is 0 Å². The minimum Gasteiger partial charge on any atom is -1.00 e. The van der Waals surface area contributed by atoms with Gasteiger partial charge in [-0.3, -0.25) is 6.08 Å². The van der Waals surface area contributed by atoms with Crippen LogP contribution in [0, 0.1) is 6.08 Å². The van der Waals surface area contributed by atoms with Crippen molar-refractivity contribution in [2.75, 3.05) is 0 Å². The molecule has 1 aliphatic carbocycles. The molecule has 0 spiro atoms. The quantitative estimate of drug-likeness (QED) is 0.283. The van der Waals surface area contributed by atoms with Crippen molar-refractivity contribution in [2.24, 2.45) is 0 Å². The zero-order valence-electron chi connectivity index (χ0n) is 19.3. The summed E-state index contributed by atoms with van der Waals surface area (Å²) in [4.78, 5) is 0. The van der Waals surface area contributed by atoms with Crippen LogP contribution in [0.15, 0.2) is 133 Å². The molecule has 35 heavy (non-hydrogen) atoms. The zero-order chi connectivity index (χ0) is 22.6. The molecule has 0 heterocycles. The Morgan fingerprint density at radius 3 is 1.86 bits per heavy atom. The number of halogens is 2. The third-order valence-corrected chi connectivity index (χ3v) is 7.67. The van der Waals surface area contributed by atoms with Crippen molar-refractivity contribution in [2.45, 2.75) is 6.42 Å². The van der Waals surface area contributed by atoms with Gasteiger partial charge in [-0.1, -0.05) is 29.7 Å². The van der Waals surface area contributed by atoms with Crippen LogP contribution in [0.4, 0.5) is 0 Å². The van der Waals surface area contributed by atoms with Crippen molar-refractivity contribution >= 4 is 29.0 Å². The molecule has 1 aliphatic rings. The first-order chi connectivity index (χ1) is 16.4. The fraction of sp³-hybridized carbons (Fsp3) is 0.0312. The van der Waals surface area contributed by atoms with E-state index in [1.807, 2.05) is 12.2 Å². The first kappa shape index (κ1) is 28.7. The van der Waals surface area contributed by atoms with Crippen LogP contribution < -0.4 is 24.8 Å². The van der Waals surface area contributed by atoms with E-state index >= 15 is 0 Å². The number of hydrogen-bond donors (Lipinski definition) is 0. The predicted octanol–water partition coefficient (Wildman–Crippen LogP) is 1.80. The van der Waals surface area contributed by atoms with E-state index in [9.17, 15) is 0 Å². The molecule has 176 valence electrons. The van der Waals surface area contributed by atoms with Gasteiger partial charge < -0.3 is 24.8 Å². The summed E-state index contributed by atoms with van der Waals surface area (Å²) in [5.74, 6) is 0. The van der Waals surface area contributed by atoms with E-state index in [0.29, 0.717) is 0 Å². The first-order valence-electron chi connectivity index (χ1n) is 11.2. The molecule has 0 N–H and O–H groups in total. The van der Waals surface area contributed by atoms with Crippen molar-refractivity contribution in [1.82, 2.24) is 0 Å². The number of benzene rings is 4. The summed E-state index contributed by atoms with van der Waals surface area (Å²) < 4.78 is 4.80. The summed E-state index contributed by atoms with van der Waals surface area (Å²) in [5.41, 5.74) is 2.72. The molecule has 0 bridgehead atoms. The molecule has 6 rings (SSSR count). The summed E-state index contributed by atoms with van der Waals surface area (Å²) in [6.07, 6.45) is 10.0. The van der Waals surface area contributed by atoms with E-state index in [2.05, 4.69) is 135 Å². The standard InChI is InChI=1S/C13H9.2C7H6.C5H5.2ClH.Zr/c1-3-7-12-10(5-1)9-11-6-2-4-8-13(11)12;2*1-7-5-3-2-4-6-7;1-2-4-5-3-1;;;/h1-9H;2*1-6H;1-3H,4H2;2*1H;/q-1;;;-1;;;/p-2. The van der Waals surface area contributed by atoms with Gasteiger partial charge in [0.25, 0.3) is 0 Å². The average molecular weight is 573 g/mol. The molecular formula is C32H26Cl2Zr-4. The van der Waals surface area contributed by atoms with Gasteiger partial charge in [0.1, 0.15) is 0 Å². The van der Waals surface area contributed by atoms with E-state index in [-0.39, 0.29) is 24.8 Å². The molecule has 3 heteroatoms. The first-order valence-corrected chi connectivity index (χ1v) is 14.0. The SMILES string of the molecule is [C-]1=CC=CC1.[CH](=[Zr]=[CH]c1ccccc1)c1ccccc1.[Cl-].[Cl-].c1ccc2c(c1)c[c-]1ccccc21. The second kappa shape index (κ2) is 16.2. The Labute approximate surface area is 231 Å². The fourth-order valence-corrected chi connectivity index (χ4v) is 5.67. The van der Waals surface area contributed by atoms with Crippen molar-refractivity contribution in [3.8, 4) is 0 Å². The van der Waals surface area contributed by atoms with Gasteiger partial charge in [0, 0.05) is 0 Å². The van der Waals surface area contributed by atoms with Crippen LogP contribution >= 0.6 is 0 Å². The van der Waals surface area contributed by atoms with Crippen LogP contribution in [-0.2, 0) is 22.3 Å². The molecule has 0 radical (unpaired) electrons. The van der Waals surface area contributed by atoms with Crippen molar-refractivity contribution < 1.29 is 47.1 Å². The molecule has 5 aromatic carbocycles. The van der Waals surface area contributed by atoms with Gasteiger partial charge >= 0.3 is 101 Å². The summed E-state index contributed by atoms with van der Waals surface area (Å²) in [7, 11) is 0. The number of rotatable bonds is 2. The van der Waals surface area contributed by atoms with Gasteiger partial charge in [0.2, 0.25) is 0 Å². The van der Waals surface area contributed by atoms with E-state index in [1.54, 1.807) is 0 Å². The van der Waals surface area contributed by atoms with Crippen LogP contribution in [0.25, 0.3) is 21.5 Å². The van der Waals surface area contributed by atoms with Gasteiger partial charge in [-0.05, 0) is 0 Å². The smallest absolute Gasteiger partial charge is 0.0703 e. The minimum atomic E-state index is -0.508. The Morgan fingerprint density at radius 2 is 1.29 bits per heavy atom. The van der Waals surface area contributed by atoms with E-state index < -0.39 is 22.3 Å². The zero-order valence-corrected chi connectivity index (χ0v) is 23.3. The van der Waals surface area contributed by atoms with Crippen LogP contribution in [-0.4, -0.2) is 7.42 Å². The Hall–Kier alpha value is -2.57. The molecular weight excluding hydrogens is 546 g/mol. The monoisotopic (exact) mass is 570 g/mol. The molecule has 0 unspecified atom stereocenters. The van der Waals surface area contributed by atoms with Gasteiger partial charge in [0.15, 0.2) is 0 Å². The second-order valence-corrected chi connectivity index (χ2v) is 9.84. The Bertz CT molecular complexity index is 1300. The van der Waals surface area contributed by atoms with E-state index in [1.165, 1.54) is 32.7 Å². The molecule has 5 aromatic rings. The maximum atomic E-state index is 2.99. The third-order valence-electron chi connectivity index (χ3n) is 5.21. The van der Waals surface area contributed by atoms with Crippen molar-refractivity contribution in [3.05, 3.63) is 151 Å². The number of allylic oxidation sites excluding steroid dienone is 4. The minimum absolute atomic E-state index is 0. The molecule has 0 atom stereocenters. The molecule has 0 fully saturated rings. The summed E-state index contributed by atoms with van der Waals surface area (Å²) >= 11 is -0.508. The maximum absolute atomic E-state index is 2.99. The normalized spacial score (nSPS) is 10.5. The fourth-order valence-electron chi connectivity index (χ4n) is 3.58. The number of fused-ring (bicyclic) bond motifs is 3. The van der Waals surface area contributed by atoms with Gasteiger partial charge in [0.05, 0.1) is 0 Å². The van der Waals surface area contributed by atoms with Crippen LogP contribution in [0.3, 0.4) is 0 Å². The van der Waals surface area contributed by atoms with E-state index in [4.69, 9.17) is 0 Å². The summed E-state index contributed by atoms with van der Waals surface area (Å²) in [5, 5.41) is 5.39. The molecule has 0 amide bonds. The Morgan fingerprint density at radius 1 is 0.686 bits per heavy atom. The average Bonchev–Trinajstić information content (AvgIpc) is 3.58. The maximum Gasteiger partial charge on any atom is -0.0703 e. The Balaban J connectivity index is 0.000000198. The van der Waals surface area contributed by atoms with Crippen LogP contribution in [0.2, 0.25) is 0 Å². The molecule has 0 saturated carbocycles. The van der Waals surface area contributed by atoms with Gasteiger partial charge in [-0.15, -0.1) is 52.9 Å². The predicted molar refractivity (Wildman–Crippen MR) is 142 cm³/mol.